The van der Waals surface area contributed by atoms with E-state index in [-0.39, 0.29) is 0 Å². The monoisotopic (exact) mass is 204 g/mol. The van der Waals surface area contributed by atoms with Gasteiger partial charge >= 0.3 is 0 Å². The van der Waals surface area contributed by atoms with Crippen LogP contribution in [-0.2, 0) is 0 Å². The lowest BCUT2D eigenvalue weighted by molar-refractivity contribution is 0.653. The third-order valence-corrected chi connectivity index (χ3v) is 3.93. The summed E-state index contributed by atoms with van der Waals surface area (Å²) in [7, 11) is 0. The highest BCUT2D eigenvalue weighted by Gasteiger charge is 2.32. The quantitative estimate of drug-likeness (QED) is 0.541. The van der Waals surface area contributed by atoms with Crippen molar-refractivity contribution in [1.29, 1.82) is 0 Å². The molecule has 0 aromatic carbocycles. The molecule has 0 saturated heterocycles. The van der Waals surface area contributed by atoms with Gasteiger partial charge in [0.2, 0.25) is 0 Å². The van der Waals surface area contributed by atoms with Crippen molar-refractivity contribution in [2.24, 2.45) is 11.8 Å². The van der Waals surface area contributed by atoms with Crippen LogP contribution in [0, 0.1) is 11.8 Å². The van der Waals surface area contributed by atoms with Crippen LogP contribution in [0.4, 0.5) is 0 Å². The molecule has 2 rings (SSSR count). The highest BCUT2D eigenvalue weighted by molar-refractivity contribution is 5.35. The molecule has 0 N–H and O–H groups in total. The number of unbranched alkanes of at least 4 members (excludes halogenated alkanes) is 2. The van der Waals surface area contributed by atoms with E-state index in [1.165, 1.54) is 44.9 Å². The second-order valence-corrected chi connectivity index (χ2v) is 5.14. The van der Waals surface area contributed by atoms with Gasteiger partial charge in [-0.2, -0.15) is 0 Å². The van der Waals surface area contributed by atoms with E-state index in [0.717, 1.165) is 11.8 Å². The lowest BCUT2D eigenvalue weighted by Gasteiger charge is -2.13. The largest absolute Gasteiger partial charge is 0.0775 e. The van der Waals surface area contributed by atoms with Crippen LogP contribution in [0.2, 0.25) is 0 Å². The summed E-state index contributed by atoms with van der Waals surface area (Å²) in [5.41, 5.74) is 3.50. The van der Waals surface area contributed by atoms with E-state index in [1.54, 1.807) is 11.1 Å². The Kier molecular flexibility index (Phi) is 3.66. The molecule has 2 aliphatic carbocycles. The molecule has 2 atom stereocenters. The lowest BCUT2D eigenvalue weighted by atomic mass is 9.93. The summed E-state index contributed by atoms with van der Waals surface area (Å²) in [6.07, 6.45) is 14.7. The van der Waals surface area contributed by atoms with Gasteiger partial charge in [-0.1, -0.05) is 50.0 Å². The second kappa shape index (κ2) is 5.01. The Morgan fingerprint density at radius 3 is 1.73 bits per heavy atom. The molecule has 0 aromatic rings. The Bertz CT molecular complexity index is 242. The number of fused-ring (bicyclic) bond motifs is 2. The van der Waals surface area contributed by atoms with Gasteiger partial charge in [0.25, 0.3) is 0 Å². The van der Waals surface area contributed by atoms with E-state index < -0.39 is 0 Å². The van der Waals surface area contributed by atoms with Gasteiger partial charge in [0.1, 0.15) is 0 Å². The predicted molar refractivity (Wildman–Crippen MR) is 66.8 cm³/mol. The molecule has 0 heterocycles. The Morgan fingerprint density at radius 2 is 1.40 bits per heavy atom. The van der Waals surface area contributed by atoms with Crippen molar-refractivity contribution >= 4 is 0 Å². The van der Waals surface area contributed by atoms with Crippen LogP contribution < -0.4 is 0 Å². The second-order valence-electron chi connectivity index (χ2n) is 5.14. The summed E-state index contributed by atoms with van der Waals surface area (Å²) >= 11 is 0. The maximum Gasteiger partial charge on any atom is -0.00115 e. The fourth-order valence-electron chi connectivity index (χ4n) is 2.99. The Labute approximate surface area is 94.5 Å². The first-order valence-corrected chi connectivity index (χ1v) is 6.76. The predicted octanol–water partition coefficient (Wildman–Crippen LogP) is 4.87. The van der Waals surface area contributed by atoms with Gasteiger partial charge < -0.3 is 0 Å². The summed E-state index contributed by atoms with van der Waals surface area (Å²) in [5.74, 6) is 1.68. The third-order valence-electron chi connectivity index (χ3n) is 3.93. The van der Waals surface area contributed by atoms with E-state index in [2.05, 4.69) is 26.0 Å². The van der Waals surface area contributed by atoms with Crippen LogP contribution in [-0.4, -0.2) is 0 Å². The molecule has 2 unspecified atom stereocenters. The van der Waals surface area contributed by atoms with Crippen molar-refractivity contribution in [2.75, 3.05) is 0 Å². The molecular weight excluding hydrogens is 180 g/mol. The van der Waals surface area contributed by atoms with Crippen LogP contribution in [0.15, 0.2) is 23.3 Å². The average Bonchev–Trinajstić information content (AvgIpc) is 2.82. The molecule has 0 radical (unpaired) electrons. The maximum atomic E-state index is 2.59. The Balaban J connectivity index is 1.86. The fraction of sp³-hybridized carbons (Fsp3) is 0.733. The van der Waals surface area contributed by atoms with E-state index in [0.29, 0.717) is 0 Å². The van der Waals surface area contributed by atoms with Gasteiger partial charge in [-0.15, -0.1) is 0 Å². The molecule has 0 nitrogen and oxygen atoms in total. The van der Waals surface area contributed by atoms with Gasteiger partial charge in [0.15, 0.2) is 0 Å². The summed E-state index contributed by atoms with van der Waals surface area (Å²) in [6.45, 7) is 4.58. The smallest absolute Gasteiger partial charge is 0.00115 e. The number of hydrogen-bond donors (Lipinski definition) is 0. The van der Waals surface area contributed by atoms with Crippen molar-refractivity contribution < 1.29 is 0 Å². The standard InChI is InChI=1S/C15H24/c1-3-5-7-12-9-15-11-14(12)10-13(15)8-6-4-2/h9-10,14-15H,3-8,11H2,1-2H3. The van der Waals surface area contributed by atoms with E-state index in [9.17, 15) is 0 Å². The van der Waals surface area contributed by atoms with Crippen LogP contribution in [0.5, 0.6) is 0 Å². The van der Waals surface area contributed by atoms with Crippen molar-refractivity contribution in [3.63, 3.8) is 0 Å². The molecule has 2 aliphatic rings. The van der Waals surface area contributed by atoms with E-state index >= 15 is 0 Å². The minimum absolute atomic E-state index is 0.841. The fourth-order valence-corrected chi connectivity index (χ4v) is 2.99. The van der Waals surface area contributed by atoms with Crippen molar-refractivity contribution in [1.82, 2.24) is 0 Å². The minimum atomic E-state index is 0.841. The highest BCUT2D eigenvalue weighted by Crippen LogP contribution is 2.45. The van der Waals surface area contributed by atoms with Crippen molar-refractivity contribution in [3.8, 4) is 0 Å². The van der Waals surface area contributed by atoms with Gasteiger partial charge in [-0.05, 0) is 43.9 Å². The minimum Gasteiger partial charge on any atom is -0.0775 e. The molecule has 0 heteroatoms. The van der Waals surface area contributed by atoms with Gasteiger partial charge in [0, 0.05) is 0 Å². The van der Waals surface area contributed by atoms with Crippen LogP contribution in [0.1, 0.15) is 58.8 Å². The number of allylic oxidation sites excluding steroid dienone is 4. The van der Waals surface area contributed by atoms with Crippen LogP contribution in [0.25, 0.3) is 0 Å². The molecule has 2 bridgehead atoms. The van der Waals surface area contributed by atoms with Crippen molar-refractivity contribution in [2.45, 2.75) is 58.8 Å². The third kappa shape index (κ3) is 2.35. The van der Waals surface area contributed by atoms with Crippen LogP contribution in [0.3, 0.4) is 0 Å². The first kappa shape index (κ1) is 11.0. The van der Waals surface area contributed by atoms with E-state index in [4.69, 9.17) is 0 Å². The molecule has 0 fully saturated rings. The zero-order chi connectivity index (χ0) is 10.7. The number of hydrogen-bond acceptors (Lipinski definition) is 0. The van der Waals surface area contributed by atoms with Crippen molar-refractivity contribution in [3.05, 3.63) is 23.3 Å². The van der Waals surface area contributed by atoms with Crippen LogP contribution >= 0.6 is 0 Å². The SMILES string of the molecule is CCCCC1=CC2CC1C=C2CCCC. The zero-order valence-electron chi connectivity index (χ0n) is 10.3. The van der Waals surface area contributed by atoms with Gasteiger partial charge in [-0.3, -0.25) is 0 Å². The van der Waals surface area contributed by atoms with Gasteiger partial charge in [-0.25, -0.2) is 0 Å². The first-order chi connectivity index (χ1) is 7.35. The Morgan fingerprint density at radius 1 is 0.933 bits per heavy atom. The first-order valence-electron chi connectivity index (χ1n) is 6.76. The average molecular weight is 204 g/mol. The number of rotatable bonds is 6. The summed E-state index contributed by atoms with van der Waals surface area (Å²) < 4.78 is 0. The Hall–Kier alpha value is -0.520. The molecule has 0 spiro atoms. The topological polar surface area (TPSA) is 0 Å². The van der Waals surface area contributed by atoms with E-state index in [1.807, 2.05) is 0 Å². The highest BCUT2D eigenvalue weighted by atomic mass is 14.4. The normalized spacial score (nSPS) is 28.1. The molecule has 84 valence electrons. The molecule has 0 aromatic heterocycles. The summed E-state index contributed by atoms with van der Waals surface area (Å²) in [6, 6.07) is 0. The summed E-state index contributed by atoms with van der Waals surface area (Å²) in [5, 5.41) is 0. The maximum absolute atomic E-state index is 2.59. The zero-order valence-corrected chi connectivity index (χ0v) is 10.3. The molecule has 15 heavy (non-hydrogen) atoms. The molecule has 0 amide bonds. The molecule has 0 aliphatic heterocycles. The molecule has 0 saturated carbocycles. The lowest BCUT2D eigenvalue weighted by Crippen LogP contribution is -1.96. The summed E-state index contributed by atoms with van der Waals surface area (Å²) in [4.78, 5) is 0. The van der Waals surface area contributed by atoms with Gasteiger partial charge in [0.05, 0.1) is 0 Å². The molecular formula is C15H24.